The van der Waals surface area contributed by atoms with Gasteiger partial charge >= 0.3 is 0 Å². The largest absolute Gasteiger partial charge is 0.359 e. The first kappa shape index (κ1) is 20.0. The molecule has 0 aliphatic carbocycles. The molecule has 30 heavy (non-hydrogen) atoms. The summed E-state index contributed by atoms with van der Waals surface area (Å²) in [7, 11) is 1.58. The molecule has 11 heteroatoms. The maximum atomic E-state index is 12.5. The lowest BCUT2D eigenvalue weighted by atomic mass is 9.99. The van der Waals surface area contributed by atoms with Gasteiger partial charge in [-0.05, 0) is 19.9 Å². The summed E-state index contributed by atoms with van der Waals surface area (Å²) in [6.07, 6.45) is 1.71. The van der Waals surface area contributed by atoms with Gasteiger partial charge in [0, 0.05) is 37.3 Å². The average molecular weight is 427 g/mol. The zero-order chi connectivity index (χ0) is 21.3. The highest BCUT2D eigenvalue weighted by atomic mass is 32.1. The highest BCUT2D eigenvalue weighted by Crippen LogP contribution is 2.26. The van der Waals surface area contributed by atoms with Crippen molar-refractivity contribution in [3.63, 3.8) is 0 Å². The topological polar surface area (TPSA) is 118 Å². The minimum Gasteiger partial charge on any atom is -0.359 e. The third kappa shape index (κ3) is 4.15. The molecule has 0 saturated carbocycles. The molecule has 10 nitrogen and oxygen atoms in total. The van der Waals surface area contributed by atoms with Crippen LogP contribution in [0, 0.1) is 19.8 Å². The Morgan fingerprint density at radius 3 is 2.67 bits per heavy atom. The first-order valence-corrected chi connectivity index (χ1v) is 10.4. The summed E-state index contributed by atoms with van der Waals surface area (Å²) in [4.78, 5) is 38.9. The fourth-order valence-corrected chi connectivity index (χ4v) is 3.94. The van der Waals surface area contributed by atoms with Gasteiger partial charge in [-0.1, -0.05) is 0 Å². The second kappa shape index (κ2) is 8.19. The van der Waals surface area contributed by atoms with E-state index in [1.807, 2.05) is 30.9 Å². The number of rotatable bonds is 6. The Kier molecular flexibility index (Phi) is 5.44. The van der Waals surface area contributed by atoms with Gasteiger partial charge in [0.1, 0.15) is 12.1 Å². The van der Waals surface area contributed by atoms with E-state index in [0.29, 0.717) is 29.7 Å². The van der Waals surface area contributed by atoms with Gasteiger partial charge in [-0.25, -0.2) is 19.6 Å². The number of carbonyl (C=O) groups is 2. The van der Waals surface area contributed by atoms with E-state index in [1.165, 1.54) is 17.7 Å². The van der Waals surface area contributed by atoms with Crippen molar-refractivity contribution in [3.05, 3.63) is 40.9 Å². The van der Waals surface area contributed by atoms with E-state index in [2.05, 4.69) is 30.7 Å². The Hall–Kier alpha value is -3.34. The van der Waals surface area contributed by atoms with Gasteiger partial charge < -0.3 is 15.5 Å². The van der Waals surface area contributed by atoms with Gasteiger partial charge in [-0.15, -0.1) is 11.3 Å². The third-order valence-electron chi connectivity index (χ3n) is 4.84. The van der Waals surface area contributed by atoms with E-state index >= 15 is 0 Å². The van der Waals surface area contributed by atoms with Crippen LogP contribution in [0.1, 0.15) is 17.1 Å². The maximum absolute atomic E-state index is 12.5. The van der Waals surface area contributed by atoms with Crippen LogP contribution in [0.15, 0.2) is 23.8 Å². The number of amides is 2. The lowest BCUT2D eigenvalue weighted by Gasteiger charge is -2.38. The lowest BCUT2D eigenvalue weighted by molar-refractivity contribution is -0.121. The van der Waals surface area contributed by atoms with Crippen molar-refractivity contribution in [2.75, 3.05) is 30.4 Å². The summed E-state index contributed by atoms with van der Waals surface area (Å²) in [6.45, 7) is 5.05. The highest BCUT2D eigenvalue weighted by molar-refractivity contribution is 7.13. The van der Waals surface area contributed by atoms with E-state index < -0.39 is 0 Å². The zero-order valence-corrected chi connectivity index (χ0v) is 17.7. The van der Waals surface area contributed by atoms with Crippen molar-refractivity contribution >= 4 is 34.1 Å². The van der Waals surface area contributed by atoms with Crippen LogP contribution in [0.3, 0.4) is 0 Å². The molecule has 2 N–H and O–H groups in total. The number of nitrogens with one attached hydrogen (secondary N) is 2. The first-order valence-electron chi connectivity index (χ1n) is 9.49. The molecule has 1 fully saturated rings. The van der Waals surface area contributed by atoms with Gasteiger partial charge in [0.05, 0.1) is 23.7 Å². The number of hydrogen-bond acceptors (Lipinski definition) is 8. The molecule has 0 spiro atoms. The van der Waals surface area contributed by atoms with Gasteiger partial charge in [0.2, 0.25) is 11.8 Å². The Morgan fingerprint density at radius 2 is 1.97 bits per heavy atom. The fourth-order valence-electron chi connectivity index (χ4n) is 3.22. The number of aromatic nitrogens is 5. The Balaban J connectivity index is 1.35. The SMILES string of the molecule is CNC(=O)Cc1csc(NC(=O)C2CN(c3cc(-n4nc(C)cc4C)ncn3)C2)n1. The molecule has 4 rings (SSSR count). The Morgan fingerprint density at radius 1 is 1.20 bits per heavy atom. The smallest absolute Gasteiger partial charge is 0.232 e. The molecular formula is C19H22N8O2S. The van der Waals surface area contributed by atoms with Gasteiger partial charge in [0.15, 0.2) is 10.9 Å². The highest BCUT2D eigenvalue weighted by Gasteiger charge is 2.34. The van der Waals surface area contributed by atoms with Crippen LogP contribution in [-0.2, 0) is 16.0 Å². The van der Waals surface area contributed by atoms with E-state index in [-0.39, 0.29) is 24.2 Å². The van der Waals surface area contributed by atoms with Crippen LogP contribution in [0.4, 0.5) is 10.9 Å². The summed E-state index contributed by atoms with van der Waals surface area (Å²) in [6, 6.07) is 3.87. The number of likely N-dealkylation sites (N-methyl/N-ethyl adjacent to an activating group) is 1. The molecule has 3 aromatic rings. The van der Waals surface area contributed by atoms with E-state index in [4.69, 9.17) is 0 Å². The molecule has 0 unspecified atom stereocenters. The van der Waals surface area contributed by atoms with Crippen LogP contribution >= 0.6 is 11.3 Å². The molecule has 156 valence electrons. The predicted molar refractivity (Wildman–Crippen MR) is 113 cm³/mol. The Labute approximate surface area is 177 Å². The van der Waals surface area contributed by atoms with Crippen molar-refractivity contribution in [2.45, 2.75) is 20.3 Å². The number of aryl methyl sites for hydroxylation is 2. The van der Waals surface area contributed by atoms with Crippen LogP contribution in [0.25, 0.3) is 5.82 Å². The second-order valence-electron chi connectivity index (χ2n) is 7.16. The average Bonchev–Trinajstić information content (AvgIpc) is 3.25. The minimum absolute atomic E-state index is 0.0834. The summed E-state index contributed by atoms with van der Waals surface area (Å²) in [5.41, 5.74) is 2.56. The van der Waals surface area contributed by atoms with Crippen molar-refractivity contribution in [1.29, 1.82) is 0 Å². The summed E-state index contributed by atoms with van der Waals surface area (Å²) in [5.74, 6) is 1.12. The Bertz CT molecular complexity index is 1090. The molecule has 0 aromatic carbocycles. The molecule has 0 atom stereocenters. The van der Waals surface area contributed by atoms with Crippen molar-refractivity contribution < 1.29 is 9.59 Å². The van der Waals surface area contributed by atoms with E-state index in [0.717, 1.165) is 17.2 Å². The van der Waals surface area contributed by atoms with Crippen molar-refractivity contribution in [2.24, 2.45) is 5.92 Å². The molecule has 4 heterocycles. The molecule has 1 aliphatic rings. The van der Waals surface area contributed by atoms with E-state index in [9.17, 15) is 9.59 Å². The molecule has 0 bridgehead atoms. The zero-order valence-electron chi connectivity index (χ0n) is 16.9. The van der Waals surface area contributed by atoms with Crippen LogP contribution < -0.4 is 15.5 Å². The van der Waals surface area contributed by atoms with Crippen molar-refractivity contribution in [1.82, 2.24) is 30.0 Å². The van der Waals surface area contributed by atoms with E-state index in [1.54, 1.807) is 17.1 Å². The number of thiazole rings is 1. The quantitative estimate of drug-likeness (QED) is 0.606. The van der Waals surface area contributed by atoms with Crippen LogP contribution in [0.2, 0.25) is 0 Å². The number of hydrogen-bond donors (Lipinski definition) is 2. The summed E-state index contributed by atoms with van der Waals surface area (Å²) >= 11 is 1.32. The minimum atomic E-state index is -0.150. The molecular weight excluding hydrogens is 404 g/mol. The van der Waals surface area contributed by atoms with Crippen molar-refractivity contribution in [3.8, 4) is 5.82 Å². The predicted octanol–water partition coefficient (Wildman–Crippen LogP) is 1.10. The van der Waals surface area contributed by atoms with Crippen LogP contribution in [-0.4, -0.2) is 56.7 Å². The number of nitrogens with zero attached hydrogens (tertiary/aromatic N) is 6. The number of carbonyl (C=O) groups excluding carboxylic acids is 2. The standard InChI is InChI=1S/C19H22N8O2S/c1-11-4-12(2)27(25-11)16-6-15(21-10-22-16)26-7-13(8-26)18(29)24-19-23-14(9-30-19)5-17(28)20-3/h4,6,9-10,13H,5,7-8H2,1-3H3,(H,20,28)(H,23,24,29). The first-order chi connectivity index (χ1) is 14.4. The second-order valence-corrected chi connectivity index (χ2v) is 8.02. The third-order valence-corrected chi connectivity index (χ3v) is 5.65. The van der Waals surface area contributed by atoms with Gasteiger partial charge in [-0.2, -0.15) is 5.10 Å². The molecule has 2 amide bonds. The lowest BCUT2D eigenvalue weighted by Crippen LogP contribution is -2.52. The number of anilines is 2. The monoisotopic (exact) mass is 426 g/mol. The summed E-state index contributed by atoms with van der Waals surface area (Å²) in [5, 5.41) is 12.1. The molecule has 0 radical (unpaired) electrons. The fraction of sp³-hybridized carbons (Fsp3) is 0.368. The molecule has 1 aliphatic heterocycles. The normalized spacial score (nSPS) is 13.8. The maximum Gasteiger partial charge on any atom is 0.232 e. The molecule has 3 aromatic heterocycles. The molecule has 1 saturated heterocycles. The summed E-state index contributed by atoms with van der Waals surface area (Å²) < 4.78 is 1.78. The van der Waals surface area contributed by atoms with Gasteiger partial charge in [0.25, 0.3) is 0 Å². The van der Waals surface area contributed by atoms with Gasteiger partial charge in [-0.3, -0.25) is 9.59 Å². The van der Waals surface area contributed by atoms with Crippen LogP contribution in [0.5, 0.6) is 0 Å².